The van der Waals surface area contributed by atoms with Gasteiger partial charge in [0.05, 0.1) is 38.4 Å². The molecule has 2 aromatic carbocycles. The van der Waals surface area contributed by atoms with Gasteiger partial charge in [0.2, 0.25) is 5.82 Å². The van der Waals surface area contributed by atoms with Crippen LogP contribution in [0.1, 0.15) is 37.2 Å². The molecule has 6 nitrogen and oxygen atoms in total. The molecule has 0 aliphatic carbocycles. The summed E-state index contributed by atoms with van der Waals surface area (Å²) in [6, 6.07) is 17.6. The lowest BCUT2D eigenvalue weighted by Crippen LogP contribution is -3.15. The van der Waals surface area contributed by atoms with Gasteiger partial charge in [0, 0.05) is 6.42 Å². The number of hydrogen-bond donors (Lipinski definition) is 1. The number of nitrogens with zero attached hydrogens (tertiary/aromatic N) is 5. The quantitative estimate of drug-likeness (QED) is 0.666. The fraction of sp³-hybridized carbons (Fsp3) is 0.409. The van der Waals surface area contributed by atoms with Crippen molar-refractivity contribution in [2.75, 3.05) is 31.1 Å². The van der Waals surface area contributed by atoms with Crippen LogP contribution < -0.4 is 9.80 Å². The molecule has 1 atom stereocenters. The summed E-state index contributed by atoms with van der Waals surface area (Å²) >= 11 is 0. The molecule has 1 saturated heterocycles. The van der Waals surface area contributed by atoms with E-state index in [0.29, 0.717) is 12.2 Å². The number of tetrazole rings is 1. The highest BCUT2D eigenvalue weighted by molar-refractivity contribution is 5.47. The Balaban J connectivity index is 1.48. The monoisotopic (exact) mass is 395 g/mol. The van der Waals surface area contributed by atoms with Crippen LogP contribution in [0.2, 0.25) is 0 Å². The lowest BCUT2D eigenvalue weighted by atomic mass is 10.1. The lowest BCUT2D eigenvalue weighted by molar-refractivity contribution is -0.933. The van der Waals surface area contributed by atoms with E-state index in [-0.39, 0.29) is 11.9 Å². The van der Waals surface area contributed by atoms with Gasteiger partial charge in [-0.1, -0.05) is 55.8 Å². The minimum atomic E-state index is -0.145. The second kappa shape index (κ2) is 9.13. The van der Waals surface area contributed by atoms with E-state index in [0.717, 1.165) is 44.8 Å². The normalized spacial score (nSPS) is 16.1. The number of hydrogen-bond acceptors (Lipinski definition) is 4. The van der Waals surface area contributed by atoms with Crippen molar-refractivity contribution in [2.45, 2.75) is 32.4 Å². The summed E-state index contributed by atoms with van der Waals surface area (Å²) in [5.41, 5.74) is 1.89. The summed E-state index contributed by atoms with van der Waals surface area (Å²) in [5, 5.41) is 12.7. The molecule has 0 spiro atoms. The third kappa shape index (κ3) is 4.45. The highest BCUT2D eigenvalue weighted by atomic mass is 19.1. The summed E-state index contributed by atoms with van der Waals surface area (Å²) in [7, 11) is 0. The number of aromatic nitrogens is 4. The molecule has 0 unspecified atom stereocenters. The Morgan fingerprint density at radius 2 is 1.76 bits per heavy atom. The van der Waals surface area contributed by atoms with Crippen LogP contribution in [-0.4, -0.2) is 46.4 Å². The first-order valence-corrected chi connectivity index (χ1v) is 10.4. The Morgan fingerprint density at radius 1 is 1.03 bits per heavy atom. The molecule has 29 heavy (non-hydrogen) atoms. The van der Waals surface area contributed by atoms with Crippen LogP contribution in [0, 0.1) is 5.82 Å². The highest BCUT2D eigenvalue weighted by Gasteiger charge is 2.32. The fourth-order valence-corrected chi connectivity index (χ4v) is 4.23. The average Bonchev–Trinajstić information content (AvgIpc) is 3.21. The van der Waals surface area contributed by atoms with Gasteiger partial charge >= 0.3 is 0 Å². The van der Waals surface area contributed by atoms with Crippen molar-refractivity contribution >= 4 is 5.69 Å². The van der Waals surface area contributed by atoms with Gasteiger partial charge in [0.25, 0.3) is 0 Å². The Hall–Kier alpha value is -2.80. The number of nitrogens with one attached hydrogen (secondary N) is 1. The molecule has 152 valence electrons. The number of para-hydroxylation sites is 1. The largest absolute Gasteiger partial charge is 0.358 e. The van der Waals surface area contributed by atoms with Crippen molar-refractivity contribution in [3.05, 3.63) is 71.8 Å². The van der Waals surface area contributed by atoms with Crippen LogP contribution in [0.4, 0.5) is 10.1 Å². The first-order chi connectivity index (χ1) is 14.3. The van der Waals surface area contributed by atoms with Crippen molar-refractivity contribution < 1.29 is 9.29 Å². The predicted octanol–water partition coefficient (Wildman–Crippen LogP) is 2.11. The first kappa shape index (κ1) is 19.5. The van der Waals surface area contributed by atoms with Gasteiger partial charge in [-0.2, -0.15) is 0 Å². The summed E-state index contributed by atoms with van der Waals surface area (Å²) in [6.45, 7) is 6.42. The maximum absolute atomic E-state index is 14.2. The smallest absolute Gasteiger partial charge is 0.209 e. The Morgan fingerprint density at radius 3 is 2.48 bits per heavy atom. The summed E-state index contributed by atoms with van der Waals surface area (Å²) in [5.74, 6) is 0.804. The second-order valence-corrected chi connectivity index (χ2v) is 7.62. The second-order valence-electron chi connectivity index (χ2n) is 7.62. The predicted molar refractivity (Wildman–Crippen MR) is 110 cm³/mol. The summed E-state index contributed by atoms with van der Waals surface area (Å²) in [4.78, 5) is 3.62. The third-order valence-electron chi connectivity index (χ3n) is 5.72. The molecule has 0 amide bonds. The topological polar surface area (TPSA) is 51.3 Å². The van der Waals surface area contributed by atoms with E-state index in [4.69, 9.17) is 0 Å². The number of rotatable bonds is 7. The molecule has 1 aliphatic rings. The number of halogens is 1. The minimum Gasteiger partial charge on any atom is -0.358 e. The van der Waals surface area contributed by atoms with Gasteiger partial charge in [0.1, 0.15) is 11.9 Å². The van der Waals surface area contributed by atoms with Crippen LogP contribution in [0.15, 0.2) is 54.6 Å². The molecule has 0 saturated carbocycles. The van der Waals surface area contributed by atoms with E-state index in [1.165, 1.54) is 16.5 Å². The number of quaternary nitrogens is 1. The van der Waals surface area contributed by atoms with Crippen LogP contribution in [0.25, 0.3) is 0 Å². The molecule has 4 rings (SSSR count). The summed E-state index contributed by atoms with van der Waals surface area (Å²) < 4.78 is 16.1. The van der Waals surface area contributed by atoms with Gasteiger partial charge in [-0.25, -0.2) is 9.07 Å². The maximum atomic E-state index is 14.2. The molecule has 2 heterocycles. The van der Waals surface area contributed by atoms with Crippen molar-refractivity contribution in [1.82, 2.24) is 20.2 Å². The number of anilines is 1. The SMILES string of the molecule is CCC[C@H](c1nnnn1Cc1ccccc1)[NH+]1CCN(c2ccccc2F)CC1. The zero-order valence-electron chi connectivity index (χ0n) is 16.8. The van der Waals surface area contributed by atoms with E-state index in [9.17, 15) is 4.39 Å². The molecule has 1 N–H and O–H groups in total. The Bertz CT molecular complexity index is 904. The van der Waals surface area contributed by atoms with Gasteiger partial charge in [-0.15, -0.1) is 5.10 Å². The zero-order chi connectivity index (χ0) is 20.1. The third-order valence-corrected chi connectivity index (χ3v) is 5.72. The molecule has 1 fully saturated rings. The van der Waals surface area contributed by atoms with Crippen LogP contribution in [0.3, 0.4) is 0 Å². The molecule has 0 bridgehead atoms. The Kier molecular flexibility index (Phi) is 6.14. The van der Waals surface area contributed by atoms with Gasteiger partial charge < -0.3 is 9.80 Å². The number of benzene rings is 2. The van der Waals surface area contributed by atoms with Crippen molar-refractivity contribution in [3.63, 3.8) is 0 Å². The molecule has 7 heteroatoms. The number of piperazine rings is 1. The molecule has 1 aliphatic heterocycles. The molecular weight excluding hydrogens is 367 g/mol. The summed E-state index contributed by atoms with van der Waals surface area (Å²) in [6.07, 6.45) is 2.10. The minimum absolute atomic E-state index is 0.145. The van der Waals surface area contributed by atoms with Crippen LogP contribution in [-0.2, 0) is 6.54 Å². The maximum Gasteiger partial charge on any atom is 0.209 e. The van der Waals surface area contributed by atoms with E-state index in [1.54, 1.807) is 6.07 Å². The van der Waals surface area contributed by atoms with Gasteiger partial charge in [0.15, 0.2) is 0 Å². The standard InChI is InChI=1S/C22H27FN6/c1-2-8-21(22-24-25-26-29(22)17-18-9-4-3-5-10-18)28-15-13-27(14-16-28)20-12-7-6-11-19(20)23/h3-7,9-12,21H,2,8,13-17H2,1H3/p+1/t21-/m1/s1. The van der Waals surface area contributed by atoms with Crippen LogP contribution in [0.5, 0.6) is 0 Å². The Labute approximate surface area is 170 Å². The van der Waals surface area contributed by atoms with E-state index >= 15 is 0 Å². The lowest BCUT2D eigenvalue weighted by Gasteiger charge is -2.37. The molecular formula is C22H28FN6+. The molecule has 1 aromatic heterocycles. The van der Waals surface area contributed by atoms with Gasteiger partial charge in [-0.3, -0.25) is 0 Å². The molecule has 3 aromatic rings. The van der Waals surface area contributed by atoms with E-state index in [2.05, 4.69) is 39.5 Å². The fourth-order valence-electron chi connectivity index (χ4n) is 4.23. The van der Waals surface area contributed by atoms with E-state index in [1.807, 2.05) is 35.0 Å². The first-order valence-electron chi connectivity index (χ1n) is 10.4. The average molecular weight is 396 g/mol. The van der Waals surface area contributed by atoms with Crippen LogP contribution >= 0.6 is 0 Å². The van der Waals surface area contributed by atoms with Gasteiger partial charge in [-0.05, 0) is 28.1 Å². The molecule has 0 radical (unpaired) electrons. The highest BCUT2D eigenvalue weighted by Crippen LogP contribution is 2.19. The van der Waals surface area contributed by atoms with Crippen molar-refractivity contribution in [3.8, 4) is 0 Å². The zero-order valence-corrected chi connectivity index (χ0v) is 16.8. The van der Waals surface area contributed by atoms with Crippen molar-refractivity contribution in [2.24, 2.45) is 0 Å². The van der Waals surface area contributed by atoms with E-state index < -0.39 is 0 Å². The van der Waals surface area contributed by atoms with Crippen molar-refractivity contribution in [1.29, 1.82) is 0 Å².